The van der Waals surface area contributed by atoms with Crippen LogP contribution in [0.15, 0.2) is 48.5 Å². The van der Waals surface area contributed by atoms with Gasteiger partial charge in [0.1, 0.15) is 12.4 Å². The molecule has 0 atom stereocenters. The predicted molar refractivity (Wildman–Crippen MR) is 105 cm³/mol. The van der Waals surface area contributed by atoms with Crippen LogP contribution in [0.2, 0.25) is 5.02 Å². The average Bonchev–Trinajstić information content (AvgIpc) is 2.57. The number of ether oxygens (including phenoxy) is 1. The summed E-state index contributed by atoms with van der Waals surface area (Å²) in [5.41, 5.74) is 1.94. The van der Waals surface area contributed by atoms with Gasteiger partial charge in [-0.2, -0.15) is 0 Å². The molecule has 25 heavy (non-hydrogen) atoms. The van der Waals surface area contributed by atoms with E-state index in [1.54, 1.807) is 0 Å². The Labute approximate surface area is 160 Å². The number of carbonyl (C=O) groups is 1. The maximum Gasteiger partial charge on any atom is 0.224 e. The summed E-state index contributed by atoms with van der Waals surface area (Å²) in [6.07, 6.45) is 0.348. The third-order valence-corrected chi connectivity index (χ3v) is 3.67. The number of hydrogen-bond donors (Lipinski definition) is 2. The SMILES string of the molecule is CCNCCNC(=O)Cc1cccc(OCc2cccc(Cl)c2)c1.Cl. The number of hydrogen-bond acceptors (Lipinski definition) is 3. The van der Waals surface area contributed by atoms with E-state index in [2.05, 4.69) is 10.6 Å². The zero-order chi connectivity index (χ0) is 17.2. The van der Waals surface area contributed by atoms with Crippen molar-refractivity contribution in [2.75, 3.05) is 19.6 Å². The fourth-order valence-electron chi connectivity index (χ4n) is 2.25. The molecular weight excluding hydrogens is 359 g/mol. The first kappa shape index (κ1) is 21.3. The van der Waals surface area contributed by atoms with Crippen LogP contribution in [0, 0.1) is 0 Å². The van der Waals surface area contributed by atoms with E-state index >= 15 is 0 Å². The highest BCUT2D eigenvalue weighted by atomic mass is 35.5. The minimum atomic E-state index is 0. The Kier molecular flexibility index (Phi) is 10.0. The van der Waals surface area contributed by atoms with Crippen LogP contribution >= 0.6 is 24.0 Å². The van der Waals surface area contributed by atoms with Gasteiger partial charge >= 0.3 is 0 Å². The normalized spacial score (nSPS) is 10.0. The van der Waals surface area contributed by atoms with Gasteiger partial charge in [-0.25, -0.2) is 0 Å². The van der Waals surface area contributed by atoms with Crippen molar-refractivity contribution >= 4 is 29.9 Å². The molecule has 1 amide bonds. The number of rotatable bonds is 9. The molecule has 0 aromatic heterocycles. The summed E-state index contributed by atoms with van der Waals surface area (Å²) in [5.74, 6) is 0.757. The molecule has 4 nitrogen and oxygen atoms in total. The fraction of sp³-hybridized carbons (Fsp3) is 0.316. The lowest BCUT2D eigenvalue weighted by atomic mass is 10.1. The zero-order valence-electron chi connectivity index (χ0n) is 14.3. The molecule has 2 aromatic rings. The fourth-order valence-corrected chi connectivity index (χ4v) is 2.47. The van der Waals surface area contributed by atoms with Gasteiger partial charge in [-0.15, -0.1) is 12.4 Å². The Morgan fingerprint density at radius 3 is 2.60 bits per heavy atom. The molecule has 0 aliphatic carbocycles. The Balaban J connectivity index is 0.00000312. The maximum absolute atomic E-state index is 11.9. The van der Waals surface area contributed by atoms with Crippen LogP contribution in [0.3, 0.4) is 0 Å². The Bertz CT molecular complexity index is 665. The Hall–Kier alpha value is -1.75. The van der Waals surface area contributed by atoms with Crippen molar-refractivity contribution in [3.05, 3.63) is 64.7 Å². The molecule has 0 unspecified atom stereocenters. The second-order valence-electron chi connectivity index (χ2n) is 5.45. The molecule has 0 saturated heterocycles. The summed E-state index contributed by atoms with van der Waals surface area (Å²) in [4.78, 5) is 11.9. The van der Waals surface area contributed by atoms with Crippen molar-refractivity contribution in [3.8, 4) is 5.75 Å². The van der Waals surface area contributed by atoms with Crippen LogP contribution in [0.25, 0.3) is 0 Å². The van der Waals surface area contributed by atoms with Gasteiger partial charge in [0.05, 0.1) is 6.42 Å². The molecule has 6 heteroatoms. The topological polar surface area (TPSA) is 50.4 Å². The van der Waals surface area contributed by atoms with Crippen molar-refractivity contribution in [3.63, 3.8) is 0 Å². The highest BCUT2D eigenvalue weighted by molar-refractivity contribution is 6.30. The molecule has 0 aliphatic rings. The summed E-state index contributed by atoms with van der Waals surface area (Å²) in [6.45, 7) is 4.81. The van der Waals surface area contributed by atoms with Gasteiger partial charge in [0.25, 0.3) is 0 Å². The molecular formula is C19H24Cl2N2O2. The lowest BCUT2D eigenvalue weighted by Gasteiger charge is -2.09. The third kappa shape index (κ3) is 8.25. The number of benzene rings is 2. The van der Waals surface area contributed by atoms with Gasteiger partial charge in [-0.3, -0.25) is 4.79 Å². The molecule has 0 heterocycles. The van der Waals surface area contributed by atoms with E-state index < -0.39 is 0 Å². The predicted octanol–water partition coefficient (Wildman–Crippen LogP) is 3.61. The van der Waals surface area contributed by atoms with Gasteiger partial charge in [-0.05, 0) is 41.9 Å². The van der Waals surface area contributed by atoms with Crippen molar-refractivity contribution in [2.45, 2.75) is 20.0 Å². The van der Waals surface area contributed by atoms with E-state index in [0.717, 1.165) is 30.0 Å². The average molecular weight is 383 g/mol. The number of halogens is 2. The molecule has 136 valence electrons. The van der Waals surface area contributed by atoms with Crippen molar-refractivity contribution < 1.29 is 9.53 Å². The van der Waals surface area contributed by atoms with Crippen LogP contribution < -0.4 is 15.4 Å². The second-order valence-corrected chi connectivity index (χ2v) is 5.88. The quantitative estimate of drug-likeness (QED) is 0.651. The van der Waals surface area contributed by atoms with E-state index in [-0.39, 0.29) is 18.3 Å². The second kappa shape index (κ2) is 11.7. The van der Waals surface area contributed by atoms with Gasteiger partial charge in [-0.1, -0.05) is 42.8 Å². The molecule has 0 aliphatic heterocycles. The van der Waals surface area contributed by atoms with Crippen molar-refractivity contribution in [1.82, 2.24) is 10.6 Å². The van der Waals surface area contributed by atoms with Crippen molar-refractivity contribution in [1.29, 1.82) is 0 Å². The summed E-state index contributed by atoms with van der Waals surface area (Å²) in [7, 11) is 0. The first-order chi connectivity index (χ1) is 11.7. The third-order valence-electron chi connectivity index (χ3n) is 3.43. The first-order valence-electron chi connectivity index (χ1n) is 8.11. The van der Waals surface area contributed by atoms with Crippen LogP contribution in [-0.4, -0.2) is 25.5 Å². The molecule has 0 bridgehead atoms. The van der Waals surface area contributed by atoms with Crippen molar-refractivity contribution in [2.24, 2.45) is 0 Å². The van der Waals surface area contributed by atoms with E-state index in [1.807, 2.05) is 55.5 Å². The minimum Gasteiger partial charge on any atom is -0.489 e. The molecule has 2 aromatic carbocycles. The van der Waals surface area contributed by atoms with Crippen LogP contribution in [-0.2, 0) is 17.8 Å². The largest absolute Gasteiger partial charge is 0.489 e. The van der Waals surface area contributed by atoms with Gasteiger partial charge in [0, 0.05) is 18.1 Å². The van der Waals surface area contributed by atoms with Gasteiger partial charge in [0.15, 0.2) is 0 Å². The van der Waals surface area contributed by atoms with E-state index in [9.17, 15) is 4.79 Å². The summed E-state index contributed by atoms with van der Waals surface area (Å²) >= 11 is 5.97. The van der Waals surface area contributed by atoms with Gasteiger partial charge < -0.3 is 15.4 Å². The number of nitrogens with one attached hydrogen (secondary N) is 2. The Morgan fingerprint density at radius 2 is 1.84 bits per heavy atom. The summed E-state index contributed by atoms with van der Waals surface area (Å²) in [5, 5.41) is 6.75. The smallest absolute Gasteiger partial charge is 0.224 e. The van der Waals surface area contributed by atoms with Gasteiger partial charge in [0.2, 0.25) is 5.91 Å². The monoisotopic (exact) mass is 382 g/mol. The summed E-state index contributed by atoms with van der Waals surface area (Å²) in [6, 6.07) is 15.2. The standard InChI is InChI=1S/C19H23ClN2O2.ClH/c1-2-21-9-10-22-19(23)13-15-5-4-8-18(12-15)24-14-16-6-3-7-17(20)11-16;/h3-8,11-12,21H,2,9-10,13-14H2,1H3,(H,22,23);1H. The van der Waals surface area contributed by atoms with Crippen LogP contribution in [0.5, 0.6) is 5.75 Å². The van der Waals surface area contributed by atoms with E-state index in [1.165, 1.54) is 0 Å². The number of likely N-dealkylation sites (N-methyl/N-ethyl adjacent to an activating group) is 1. The van der Waals surface area contributed by atoms with Crippen LogP contribution in [0.4, 0.5) is 0 Å². The first-order valence-corrected chi connectivity index (χ1v) is 8.49. The zero-order valence-corrected chi connectivity index (χ0v) is 15.8. The molecule has 2 rings (SSSR count). The van der Waals surface area contributed by atoms with Crippen LogP contribution in [0.1, 0.15) is 18.1 Å². The molecule has 0 spiro atoms. The molecule has 0 fully saturated rings. The number of carbonyl (C=O) groups excluding carboxylic acids is 1. The number of amides is 1. The molecule has 2 N–H and O–H groups in total. The maximum atomic E-state index is 11.9. The van der Waals surface area contributed by atoms with E-state index in [4.69, 9.17) is 16.3 Å². The lowest BCUT2D eigenvalue weighted by molar-refractivity contribution is -0.120. The lowest BCUT2D eigenvalue weighted by Crippen LogP contribution is -2.32. The highest BCUT2D eigenvalue weighted by Crippen LogP contribution is 2.17. The molecule has 0 saturated carbocycles. The minimum absolute atomic E-state index is 0. The molecule has 0 radical (unpaired) electrons. The highest BCUT2D eigenvalue weighted by Gasteiger charge is 2.04. The Morgan fingerprint density at radius 1 is 1.08 bits per heavy atom. The summed E-state index contributed by atoms with van der Waals surface area (Å²) < 4.78 is 5.78. The van der Waals surface area contributed by atoms with E-state index in [0.29, 0.717) is 24.6 Å².